The summed E-state index contributed by atoms with van der Waals surface area (Å²) in [7, 11) is 0. The summed E-state index contributed by atoms with van der Waals surface area (Å²) in [5.74, 6) is 0.763. The van der Waals surface area contributed by atoms with Crippen molar-refractivity contribution in [3.63, 3.8) is 0 Å². The molecule has 1 aliphatic heterocycles. The first-order chi connectivity index (χ1) is 18.2. The number of aromatic nitrogens is 5. The van der Waals surface area contributed by atoms with Gasteiger partial charge in [0.2, 0.25) is 5.95 Å². The molecule has 0 aliphatic carbocycles. The van der Waals surface area contributed by atoms with Crippen LogP contribution in [0.3, 0.4) is 0 Å². The molecule has 1 aliphatic rings. The third-order valence-corrected chi connectivity index (χ3v) is 7.17. The second-order valence-electron chi connectivity index (χ2n) is 10.2. The smallest absolute Gasteiger partial charge is 0.229 e. The van der Waals surface area contributed by atoms with Gasteiger partial charge in [-0.25, -0.2) is 28.7 Å². The van der Waals surface area contributed by atoms with E-state index in [1.54, 1.807) is 12.3 Å². The van der Waals surface area contributed by atoms with Crippen LogP contribution in [0.4, 0.5) is 20.5 Å². The molecule has 3 aromatic heterocycles. The van der Waals surface area contributed by atoms with E-state index < -0.39 is 11.6 Å². The predicted octanol–water partition coefficient (Wildman–Crippen LogP) is 6.54. The van der Waals surface area contributed by atoms with E-state index in [4.69, 9.17) is 0 Å². The molecule has 0 radical (unpaired) electrons. The number of benzene rings is 1. The van der Waals surface area contributed by atoms with Crippen LogP contribution in [-0.2, 0) is 0 Å². The molecule has 5 rings (SSSR count). The molecule has 1 atom stereocenters. The molecule has 198 valence electrons. The lowest BCUT2D eigenvalue weighted by atomic mass is 9.92. The first-order valence-corrected chi connectivity index (χ1v) is 13.1. The first-order valence-electron chi connectivity index (χ1n) is 13.1. The topological polar surface area (TPSA) is 71.8 Å². The molecular formula is C29H33F2N7. The molecule has 38 heavy (non-hydrogen) atoms. The number of piperidine rings is 1. The number of fused-ring (bicyclic) bond motifs is 1. The van der Waals surface area contributed by atoms with Crippen molar-refractivity contribution < 1.29 is 8.78 Å². The zero-order valence-corrected chi connectivity index (χ0v) is 22.5. The van der Waals surface area contributed by atoms with Crippen molar-refractivity contribution in [2.24, 2.45) is 5.92 Å². The van der Waals surface area contributed by atoms with E-state index in [2.05, 4.69) is 50.1 Å². The number of hydrogen-bond donors (Lipinski definition) is 1. The van der Waals surface area contributed by atoms with Crippen molar-refractivity contribution in [1.29, 1.82) is 0 Å². The Morgan fingerprint density at radius 3 is 2.61 bits per heavy atom. The van der Waals surface area contributed by atoms with Gasteiger partial charge in [0.15, 0.2) is 11.6 Å². The third-order valence-electron chi connectivity index (χ3n) is 7.17. The number of nitrogens with one attached hydrogen (secondary N) is 1. The molecule has 1 fully saturated rings. The van der Waals surface area contributed by atoms with Gasteiger partial charge in [-0.1, -0.05) is 25.5 Å². The average Bonchev–Trinajstić information content (AvgIpc) is 3.24. The molecular weight excluding hydrogens is 484 g/mol. The molecule has 0 saturated carbocycles. The van der Waals surface area contributed by atoms with E-state index in [0.717, 1.165) is 37.8 Å². The van der Waals surface area contributed by atoms with Gasteiger partial charge in [0.1, 0.15) is 22.9 Å². The minimum absolute atomic E-state index is 0.00576. The van der Waals surface area contributed by atoms with Crippen LogP contribution < -0.4 is 5.32 Å². The van der Waals surface area contributed by atoms with E-state index in [1.165, 1.54) is 11.6 Å². The molecule has 0 bridgehead atoms. The van der Waals surface area contributed by atoms with Gasteiger partial charge < -0.3 is 14.8 Å². The molecule has 4 heterocycles. The van der Waals surface area contributed by atoms with Crippen molar-refractivity contribution in [2.75, 3.05) is 25.0 Å². The Kier molecular flexibility index (Phi) is 7.21. The maximum Gasteiger partial charge on any atom is 0.229 e. The summed E-state index contributed by atoms with van der Waals surface area (Å²) in [6.45, 7) is 13.5. The summed E-state index contributed by atoms with van der Waals surface area (Å²) >= 11 is 0. The highest BCUT2D eigenvalue weighted by Gasteiger charge is 2.20. The van der Waals surface area contributed by atoms with Crippen LogP contribution in [0.5, 0.6) is 0 Å². The Hall–Kier alpha value is -3.72. The lowest BCUT2D eigenvalue weighted by Crippen LogP contribution is -2.35. The molecule has 4 aromatic rings. The van der Waals surface area contributed by atoms with Gasteiger partial charge in [-0.3, -0.25) is 0 Å². The monoisotopic (exact) mass is 517 g/mol. The highest BCUT2D eigenvalue weighted by atomic mass is 19.1. The van der Waals surface area contributed by atoms with Gasteiger partial charge in [0.05, 0.1) is 11.7 Å². The van der Waals surface area contributed by atoms with Gasteiger partial charge in [0, 0.05) is 30.9 Å². The number of aryl methyl sites for hydroxylation is 1. The van der Waals surface area contributed by atoms with Gasteiger partial charge in [-0.15, -0.1) is 0 Å². The van der Waals surface area contributed by atoms with Crippen LogP contribution in [0.2, 0.25) is 0 Å². The zero-order chi connectivity index (χ0) is 27.0. The molecule has 0 amide bonds. The quantitative estimate of drug-likeness (QED) is 0.313. The minimum Gasteiger partial charge on any atom is -0.326 e. The van der Waals surface area contributed by atoms with Crippen LogP contribution in [0.15, 0.2) is 42.2 Å². The molecule has 0 spiro atoms. The Labute approximate surface area is 221 Å². The van der Waals surface area contributed by atoms with Crippen molar-refractivity contribution in [1.82, 2.24) is 29.4 Å². The highest BCUT2D eigenvalue weighted by molar-refractivity contribution is 5.83. The standard InChI is InChI=1S/C29H33F2N7/c1-6-37-10-9-21(18(4)16-37)11-20-7-8-26(32-14-20)35-29-33-15-24(31)27(36-29)22-12-23(30)28-25(13-22)38(17(2)3)19(5)34-28/h7-8,11-15,17-18H,6,9-10,16H2,1-5H3,(H,32,33,35,36)/b21-11+/t18-/m1/s1. The van der Waals surface area contributed by atoms with Crippen molar-refractivity contribution in [3.05, 3.63) is 65.3 Å². The summed E-state index contributed by atoms with van der Waals surface area (Å²) in [5.41, 5.74) is 3.65. The summed E-state index contributed by atoms with van der Waals surface area (Å²) in [6.07, 6.45) is 6.17. The van der Waals surface area contributed by atoms with Gasteiger partial charge in [0.25, 0.3) is 0 Å². The summed E-state index contributed by atoms with van der Waals surface area (Å²) in [5, 5.41) is 3.04. The van der Waals surface area contributed by atoms with E-state index >= 15 is 0 Å². The number of hydrogen-bond acceptors (Lipinski definition) is 6. The number of anilines is 2. The summed E-state index contributed by atoms with van der Waals surface area (Å²) in [6, 6.07) is 6.89. The van der Waals surface area contributed by atoms with Crippen molar-refractivity contribution in [2.45, 2.75) is 47.1 Å². The highest BCUT2D eigenvalue weighted by Crippen LogP contribution is 2.30. The number of likely N-dealkylation sites (tertiary alicyclic amines) is 1. The van der Waals surface area contributed by atoms with Gasteiger partial charge in [-0.05, 0) is 69.5 Å². The molecule has 1 N–H and O–H groups in total. The Morgan fingerprint density at radius 1 is 1.11 bits per heavy atom. The predicted molar refractivity (Wildman–Crippen MR) is 147 cm³/mol. The Morgan fingerprint density at radius 2 is 1.92 bits per heavy atom. The number of pyridine rings is 1. The fourth-order valence-electron chi connectivity index (χ4n) is 5.21. The van der Waals surface area contributed by atoms with Crippen LogP contribution >= 0.6 is 0 Å². The fraction of sp³-hybridized carbons (Fsp3) is 0.379. The van der Waals surface area contributed by atoms with E-state index in [0.29, 0.717) is 28.6 Å². The Balaban J connectivity index is 1.39. The number of halogens is 2. The third kappa shape index (κ3) is 5.15. The van der Waals surface area contributed by atoms with Crippen LogP contribution in [0.25, 0.3) is 28.4 Å². The van der Waals surface area contributed by atoms with E-state index in [-0.39, 0.29) is 23.2 Å². The number of nitrogens with zero attached hydrogens (tertiary/aromatic N) is 6. The maximum absolute atomic E-state index is 15.0. The van der Waals surface area contributed by atoms with Crippen molar-refractivity contribution in [3.8, 4) is 11.3 Å². The van der Waals surface area contributed by atoms with Crippen LogP contribution in [0.1, 0.15) is 51.5 Å². The molecule has 1 aromatic carbocycles. The fourth-order valence-corrected chi connectivity index (χ4v) is 5.21. The van der Waals surface area contributed by atoms with Crippen LogP contribution in [0, 0.1) is 24.5 Å². The van der Waals surface area contributed by atoms with Gasteiger partial charge >= 0.3 is 0 Å². The molecule has 7 nitrogen and oxygen atoms in total. The normalized spacial score (nSPS) is 17.6. The average molecular weight is 518 g/mol. The van der Waals surface area contributed by atoms with E-state index in [1.807, 2.05) is 37.5 Å². The largest absolute Gasteiger partial charge is 0.326 e. The van der Waals surface area contributed by atoms with Crippen LogP contribution in [-0.4, -0.2) is 49.0 Å². The zero-order valence-electron chi connectivity index (χ0n) is 22.5. The second-order valence-corrected chi connectivity index (χ2v) is 10.2. The first kappa shape index (κ1) is 25.9. The number of imidazole rings is 1. The van der Waals surface area contributed by atoms with Gasteiger partial charge in [-0.2, -0.15) is 0 Å². The lowest BCUT2D eigenvalue weighted by molar-refractivity contribution is 0.233. The molecule has 0 unspecified atom stereocenters. The van der Waals surface area contributed by atoms with E-state index in [9.17, 15) is 8.78 Å². The summed E-state index contributed by atoms with van der Waals surface area (Å²) < 4.78 is 31.7. The Bertz CT molecular complexity index is 1490. The number of rotatable bonds is 6. The molecule has 1 saturated heterocycles. The lowest BCUT2D eigenvalue weighted by Gasteiger charge is -2.32. The second kappa shape index (κ2) is 10.6. The minimum atomic E-state index is -0.639. The summed E-state index contributed by atoms with van der Waals surface area (Å²) in [4.78, 5) is 19.7. The maximum atomic E-state index is 15.0. The van der Waals surface area contributed by atoms with Crippen molar-refractivity contribution >= 4 is 28.9 Å². The molecule has 9 heteroatoms. The SMILES string of the molecule is CCN1CC/C(=C\c2ccc(Nc3ncc(F)c(-c4cc(F)c5nc(C)n(C(C)C)c5c4)n3)nc2)[C@H](C)C1.